The molecule has 1 saturated carbocycles. The second-order valence-electron chi connectivity index (χ2n) is 5.56. The number of amides is 1. The molecule has 1 heterocycles. The van der Waals surface area contributed by atoms with Gasteiger partial charge in [-0.15, -0.1) is 0 Å². The van der Waals surface area contributed by atoms with Gasteiger partial charge in [0, 0.05) is 25.0 Å². The number of rotatable bonds is 3. The van der Waals surface area contributed by atoms with E-state index in [4.69, 9.17) is 4.74 Å². The molecule has 1 unspecified atom stereocenters. The molecule has 2 N–H and O–H groups in total. The smallest absolute Gasteiger partial charge is 0.378 e. The van der Waals surface area contributed by atoms with Gasteiger partial charge in [0.1, 0.15) is 0 Å². The summed E-state index contributed by atoms with van der Waals surface area (Å²) in [5, 5.41) is 6.03. The zero-order chi connectivity index (χ0) is 14.6. The van der Waals surface area contributed by atoms with E-state index in [9.17, 15) is 18.0 Å². The number of ether oxygens (including phenoxy) is 1. The van der Waals surface area contributed by atoms with Crippen LogP contribution in [0, 0.1) is 11.8 Å². The molecule has 7 heteroatoms. The normalized spacial score (nSPS) is 31.9. The van der Waals surface area contributed by atoms with E-state index >= 15 is 0 Å². The highest BCUT2D eigenvalue weighted by Crippen LogP contribution is 2.39. The van der Waals surface area contributed by atoms with E-state index in [1.54, 1.807) is 0 Å². The Balaban J connectivity index is 1.69. The van der Waals surface area contributed by atoms with Gasteiger partial charge < -0.3 is 15.4 Å². The first-order valence-electron chi connectivity index (χ1n) is 7.12. The van der Waals surface area contributed by atoms with Crippen molar-refractivity contribution in [3.8, 4) is 0 Å². The Bertz CT molecular complexity index is 322. The third-order valence-corrected chi connectivity index (χ3v) is 4.08. The number of morpholine rings is 1. The molecule has 1 aliphatic heterocycles. The minimum absolute atomic E-state index is 0.0619. The van der Waals surface area contributed by atoms with Gasteiger partial charge in [0.2, 0.25) is 5.91 Å². The zero-order valence-electron chi connectivity index (χ0n) is 11.3. The molecule has 1 saturated heterocycles. The van der Waals surface area contributed by atoms with E-state index < -0.39 is 12.1 Å². The maximum atomic E-state index is 12.5. The SMILES string of the molecule is O=C(NCC1COCCN1)C1CCC(C(F)(F)F)CC1. The molecular formula is C13H21F3N2O2. The largest absolute Gasteiger partial charge is 0.391 e. The standard InChI is InChI=1S/C13H21F3N2O2/c14-13(15,16)10-3-1-9(2-4-10)12(19)18-7-11-8-20-6-5-17-11/h9-11,17H,1-8H2,(H,18,19). The summed E-state index contributed by atoms with van der Waals surface area (Å²) in [4.78, 5) is 11.9. The summed E-state index contributed by atoms with van der Waals surface area (Å²) in [6.07, 6.45) is -3.35. The number of alkyl halides is 3. The van der Waals surface area contributed by atoms with Crippen molar-refractivity contribution in [3.63, 3.8) is 0 Å². The van der Waals surface area contributed by atoms with E-state index in [1.807, 2.05) is 0 Å². The molecule has 116 valence electrons. The number of hydrogen-bond acceptors (Lipinski definition) is 3. The van der Waals surface area contributed by atoms with Crippen LogP contribution in [0.25, 0.3) is 0 Å². The quantitative estimate of drug-likeness (QED) is 0.828. The summed E-state index contributed by atoms with van der Waals surface area (Å²) in [6.45, 7) is 2.46. The lowest BCUT2D eigenvalue weighted by atomic mass is 9.81. The van der Waals surface area contributed by atoms with Crippen LogP contribution in [0.5, 0.6) is 0 Å². The minimum atomic E-state index is -4.12. The molecule has 0 bridgehead atoms. The second kappa shape index (κ2) is 6.76. The Hall–Kier alpha value is -0.820. The number of nitrogens with one attached hydrogen (secondary N) is 2. The summed E-state index contributed by atoms with van der Waals surface area (Å²) < 4.78 is 42.9. The van der Waals surface area contributed by atoms with Crippen molar-refractivity contribution in [2.75, 3.05) is 26.3 Å². The number of carbonyl (C=O) groups is 1. The lowest BCUT2D eigenvalue weighted by molar-refractivity contribution is -0.184. The van der Waals surface area contributed by atoms with E-state index in [0.29, 0.717) is 32.6 Å². The fourth-order valence-electron chi connectivity index (χ4n) is 2.80. The molecule has 0 spiro atoms. The predicted octanol–water partition coefficient (Wildman–Crippen LogP) is 1.46. The molecule has 1 amide bonds. The Morgan fingerprint density at radius 2 is 1.95 bits per heavy atom. The summed E-state index contributed by atoms with van der Waals surface area (Å²) in [5.74, 6) is -1.64. The van der Waals surface area contributed by atoms with Crippen LogP contribution >= 0.6 is 0 Å². The summed E-state index contributed by atoms with van der Waals surface area (Å²) >= 11 is 0. The van der Waals surface area contributed by atoms with Crippen LogP contribution in [0.1, 0.15) is 25.7 Å². The number of carbonyl (C=O) groups excluding carboxylic acids is 1. The monoisotopic (exact) mass is 294 g/mol. The van der Waals surface area contributed by atoms with Crippen LogP contribution in [0.2, 0.25) is 0 Å². The Morgan fingerprint density at radius 3 is 2.50 bits per heavy atom. The van der Waals surface area contributed by atoms with Crippen LogP contribution in [-0.4, -0.2) is 44.4 Å². The third kappa shape index (κ3) is 4.34. The highest BCUT2D eigenvalue weighted by Gasteiger charge is 2.42. The van der Waals surface area contributed by atoms with Crippen LogP contribution in [0.4, 0.5) is 13.2 Å². The van der Waals surface area contributed by atoms with Crippen molar-refractivity contribution >= 4 is 5.91 Å². The van der Waals surface area contributed by atoms with Gasteiger partial charge in [0.15, 0.2) is 0 Å². The minimum Gasteiger partial charge on any atom is -0.378 e. The second-order valence-corrected chi connectivity index (χ2v) is 5.56. The molecule has 2 fully saturated rings. The van der Waals surface area contributed by atoms with Crippen molar-refractivity contribution < 1.29 is 22.7 Å². The Labute approximate surface area is 116 Å². The molecule has 1 atom stereocenters. The van der Waals surface area contributed by atoms with Crippen molar-refractivity contribution in [1.82, 2.24) is 10.6 Å². The molecule has 4 nitrogen and oxygen atoms in total. The summed E-state index contributed by atoms with van der Waals surface area (Å²) in [6, 6.07) is 0.0965. The van der Waals surface area contributed by atoms with Crippen molar-refractivity contribution in [1.29, 1.82) is 0 Å². The number of halogens is 3. The predicted molar refractivity (Wildman–Crippen MR) is 67.1 cm³/mol. The highest BCUT2D eigenvalue weighted by molar-refractivity contribution is 5.78. The topological polar surface area (TPSA) is 50.4 Å². The fourth-order valence-corrected chi connectivity index (χ4v) is 2.80. The first-order valence-corrected chi connectivity index (χ1v) is 7.12. The molecule has 0 aromatic rings. The average molecular weight is 294 g/mol. The molecule has 2 aliphatic rings. The molecule has 2 rings (SSSR count). The molecule has 20 heavy (non-hydrogen) atoms. The maximum absolute atomic E-state index is 12.5. The Kier molecular flexibility index (Phi) is 5.26. The molecule has 0 aromatic carbocycles. The maximum Gasteiger partial charge on any atom is 0.391 e. The van der Waals surface area contributed by atoms with Crippen molar-refractivity contribution in [3.05, 3.63) is 0 Å². The fraction of sp³-hybridized carbons (Fsp3) is 0.923. The summed E-state index contributed by atoms with van der Waals surface area (Å²) in [5.41, 5.74) is 0. The summed E-state index contributed by atoms with van der Waals surface area (Å²) in [7, 11) is 0. The number of hydrogen-bond donors (Lipinski definition) is 2. The van der Waals surface area contributed by atoms with E-state index in [0.717, 1.165) is 6.54 Å². The van der Waals surface area contributed by atoms with E-state index in [-0.39, 0.29) is 30.7 Å². The van der Waals surface area contributed by atoms with Gasteiger partial charge in [-0.1, -0.05) is 0 Å². The van der Waals surface area contributed by atoms with Crippen molar-refractivity contribution in [2.24, 2.45) is 11.8 Å². The van der Waals surface area contributed by atoms with Gasteiger partial charge in [0.05, 0.1) is 19.1 Å². The van der Waals surface area contributed by atoms with Gasteiger partial charge in [-0.2, -0.15) is 13.2 Å². The van der Waals surface area contributed by atoms with Gasteiger partial charge in [0.25, 0.3) is 0 Å². The van der Waals surface area contributed by atoms with E-state index in [1.165, 1.54) is 0 Å². The lowest BCUT2D eigenvalue weighted by Crippen LogP contribution is -2.49. The van der Waals surface area contributed by atoms with Crippen LogP contribution in [0.3, 0.4) is 0 Å². The van der Waals surface area contributed by atoms with Gasteiger partial charge in [-0.25, -0.2) is 0 Å². The molecule has 0 radical (unpaired) electrons. The molecule has 0 aromatic heterocycles. The van der Waals surface area contributed by atoms with E-state index in [2.05, 4.69) is 10.6 Å². The van der Waals surface area contributed by atoms with Crippen molar-refractivity contribution in [2.45, 2.75) is 37.9 Å². The van der Waals surface area contributed by atoms with Crippen LogP contribution in [-0.2, 0) is 9.53 Å². The first-order chi connectivity index (χ1) is 9.47. The lowest BCUT2D eigenvalue weighted by Gasteiger charge is -2.30. The highest BCUT2D eigenvalue weighted by atomic mass is 19.4. The van der Waals surface area contributed by atoms with Gasteiger partial charge in [-0.05, 0) is 25.7 Å². The molecular weight excluding hydrogens is 273 g/mol. The van der Waals surface area contributed by atoms with Gasteiger partial charge >= 0.3 is 6.18 Å². The van der Waals surface area contributed by atoms with Crippen LogP contribution < -0.4 is 10.6 Å². The third-order valence-electron chi connectivity index (χ3n) is 4.08. The van der Waals surface area contributed by atoms with Crippen LogP contribution in [0.15, 0.2) is 0 Å². The first kappa shape index (κ1) is 15.6. The molecule has 1 aliphatic carbocycles. The zero-order valence-corrected chi connectivity index (χ0v) is 11.3. The van der Waals surface area contributed by atoms with Gasteiger partial charge in [-0.3, -0.25) is 4.79 Å². The Morgan fingerprint density at radius 1 is 1.25 bits per heavy atom. The average Bonchev–Trinajstić information content (AvgIpc) is 2.45.